The Balaban J connectivity index is 1.55. The summed E-state index contributed by atoms with van der Waals surface area (Å²) in [6, 6.07) is 10.3. The van der Waals surface area contributed by atoms with E-state index in [0.29, 0.717) is 22.8 Å². The van der Waals surface area contributed by atoms with Crippen LogP contribution in [-0.4, -0.2) is 17.0 Å². The quantitative estimate of drug-likeness (QED) is 0.569. The van der Waals surface area contributed by atoms with E-state index in [9.17, 15) is 9.59 Å². The first-order valence-corrected chi connectivity index (χ1v) is 8.19. The maximum Gasteiger partial charge on any atom is 0.291 e. The van der Waals surface area contributed by atoms with Crippen LogP contribution in [0.2, 0.25) is 0 Å². The number of carbonyl (C=O) groups excluding carboxylic acids is 2. The molecule has 0 bridgehead atoms. The average Bonchev–Trinajstić information content (AvgIpc) is 3.18. The van der Waals surface area contributed by atoms with Gasteiger partial charge in [-0.25, -0.2) is 4.79 Å². The largest absolute Gasteiger partial charge is 0.459 e. The maximum absolute atomic E-state index is 11.9. The highest BCUT2D eigenvalue weighted by Gasteiger charge is 2.09. The third-order valence-electron chi connectivity index (χ3n) is 3.53. The lowest BCUT2D eigenvalue weighted by Crippen LogP contribution is -2.28. The second-order valence-electron chi connectivity index (χ2n) is 5.44. The summed E-state index contributed by atoms with van der Waals surface area (Å²) in [6.07, 6.45) is 7.23. The summed E-state index contributed by atoms with van der Waals surface area (Å²) in [7, 11) is 0. The molecule has 6 nitrogen and oxygen atoms in total. The Hall–Kier alpha value is -3.41. The van der Waals surface area contributed by atoms with Gasteiger partial charge in [0.15, 0.2) is 10.9 Å². The molecule has 26 heavy (non-hydrogen) atoms. The van der Waals surface area contributed by atoms with E-state index in [1.54, 1.807) is 48.6 Å². The van der Waals surface area contributed by atoms with Gasteiger partial charge in [-0.05, 0) is 60.8 Å². The van der Waals surface area contributed by atoms with Crippen molar-refractivity contribution in [3.8, 4) is 0 Å². The Morgan fingerprint density at radius 1 is 1.08 bits per heavy atom. The fourth-order valence-electron chi connectivity index (χ4n) is 2.30. The molecule has 0 aliphatic heterocycles. The molecule has 1 aliphatic carbocycles. The van der Waals surface area contributed by atoms with Crippen LogP contribution in [0.5, 0.6) is 0 Å². The van der Waals surface area contributed by atoms with Crippen LogP contribution in [0.15, 0.2) is 76.6 Å². The zero-order valence-corrected chi connectivity index (χ0v) is 14.4. The Bertz CT molecular complexity index is 921. The van der Waals surface area contributed by atoms with Gasteiger partial charge in [0, 0.05) is 29.1 Å². The van der Waals surface area contributed by atoms with Crippen LogP contribution in [0, 0.1) is 0 Å². The molecule has 130 valence electrons. The standard InChI is InChI=1S/C19H15N3O3S/c23-12-13-3-1-4-16(11-13)22-19(26)21-15-8-6-14(7-9-15)20-18(24)17-5-2-10-25-17/h1-10H,11H2,(H,20,24)(H2,21,22,26). The summed E-state index contributed by atoms with van der Waals surface area (Å²) in [5.74, 6) is 1.81. The molecule has 7 heteroatoms. The maximum atomic E-state index is 11.9. The molecule has 0 saturated heterocycles. The van der Waals surface area contributed by atoms with Crippen LogP contribution in [0.3, 0.4) is 0 Å². The fourth-order valence-corrected chi connectivity index (χ4v) is 2.55. The van der Waals surface area contributed by atoms with Crippen LogP contribution in [0.4, 0.5) is 11.4 Å². The van der Waals surface area contributed by atoms with E-state index in [1.807, 2.05) is 12.0 Å². The van der Waals surface area contributed by atoms with Gasteiger partial charge in [-0.1, -0.05) is 6.08 Å². The molecule has 1 aromatic carbocycles. The first-order chi connectivity index (χ1) is 12.6. The van der Waals surface area contributed by atoms with Crippen molar-refractivity contribution in [1.29, 1.82) is 0 Å². The number of hydrogen-bond acceptors (Lipinski definition) is 4. The number of rotatable bonds is 4. The molecule has 2 aromatic rings. The molecule has 3 N–H and O–H groups in total. The SMILES string of the molecule is O=C=C1C=CC=C(NC(=S)Nc2ccc(NC(=O)c3ccco3)cc2)C1. The minimum absolute atomic E-state index is 0.246. The van der Waals surface area contributed by atoms with Gasteiger partial charge >= 0.3 is 0 Å². The highest BCUT2D eigenvalue weighted by atomic mass is 32.1. The third-order valence-corrected chi connectivity index (χ3v) is 3.73. The number of amides is 1. The van der Waals surface area contributed by atoms with Crippen molar-refractivity contribution in [2.75, 3.05) is 10.6 Å². The number of thiocarbonyl (C=S) groups is 1. The van der Waals surface area contributed by atoms with E-state index in [2.05, 4.69) is 16.0 Å². The van der Waals surface area contributed by atoms with Gasteiger partial charge in [0.1, 0.15) is 5.94 Å². The Labute approximate surface area is 155 Å². The second-order valence-corrected chi connectivity index (χ2v) is 5.85. The lowest BCUT2D eigenvalue weighted by atomic mass is 10.1. The summed E-state index contributed by atoms with van der Waals surface area (Å²) in [4.78, 5) is 22.6. The monoisotopic (exact) mass is 365 g/mol. The summed E-state index contributed by atoms with van der Waals surface area (Å²) < 4.78 is 5.05. The first kappa shape index (κ1) is 17.4. The molecule has 0 unspecified atom stereocenters. The lowest BCUT2D eigenvalue weighted by Gasteiger charge is -2.15. The van der Waals surface area contributed by atoms with Crippen LogP contribution in [0.1, 0.15) is 17.0 Å². The molecule has 0 spiro atoms. The van der Waals surface area contributed by atoms with Crippen molar-refractivity contribution in [1.82, 2.24) is 5.32 Å². The molecule has 0 atom stereocenters. The van der Waals surface area contributed by atoms with Crippen molar-refractivity contribution in [2.45, 2.75) is 6.42 Å². The van der Waals surface area contributed by atoms with Crippen LogP contribution < -0.4 is 16.0 Å². The van der Waals surface area contributed by atoms with Crippen molar-refractivity contribution in [3.05, 3.63) is 77.9 Å². The molecule has 3 rings (SSSR count). The summed E-state index contributed by atoms with van der Waals surface area (Å²) >= 11 is 5.27. The number of carbonyl (C=O) groups is 1. The summed E-state index contributed by atoms with van der Waals surface area (Å²) in [5, 5.41) is 9.24. The second kappa shape index (κ2) is 8.11. The Kier molecular flexibility index (Phi) is 5.43. The van der Waals surface area contributed by atoms with Gasteiger partial charge in [-0.2, -0.15) is 0 Å². The smallest absolute Gasteiger partial charge is 0.291 e. The van der Waals surface area contributed by atoms with Crippen molar-refractivity contribution in [3.63, 3.8) is 0 Å². The molecule has 0 saturated carbocycles. The zero-order chi connectivity index (χ0) is 18.4. The third kappa shape index (κ3) is 4.57. The minimum atomic E-state index is -0.316. The van der Waals surface area contributed by atoms with Gasteiger partial charge < -0.3 is 20.4 Å². The summed E-state index contributed by atoms with van der Waals surface area (Å²) in [5.41, 5.74) is 2.77. The molecular formula is C19H15N3O3S. The van der Waals surface area contributed by atoms with E-state index in [0.717, 1.165) is 11.4 Å². The fraction of sp³-hybridized carbons (Fsp3) is 0.0526. The number of hydrogen-bond donors (Lipinski definition) is 3. The predicted molar refractivity (Wildman–Crippen MR) is 104 cm³/mol. The molecule has 0 fully saturated rings. The minimum Gasteiger partial charge on any atom is -0.459 e. The van der Waals surface area contributed by atoms with Crippen LogP contribution in [-0.2, 0) is 4.79 Å². The first-order valence-electron chi connectivity index (χ1n) is 7.78. The van der Waals surface area contributed by atoms with Crippen molar-refractivity contribution < 1.29 is 14.0 Å². The van der Waals surface area contributed by atoms with E-state index < -0.39 is 0 Å². The Morgan fingerprint density at radius 3 is 2.46 bits per heavy atom. The van der Waals surface area contributed by atoms with Crippen LogP contribution >= 0.6 is 12.2 Å². The van der Waals surface area contributed by atoms with Gasteiger partial charge in [0.2, 0.25) is 0 Å². The molecule has 1 heterocycles. The normalized spacial score (nSPS) is 12.8. The van der Waals surface area contributed by atoms with Gasteiger partial charge in [-0.15, -0.1) is 0 Å². The highest BCUT2D eigenvalue weighted by Crippen LogP contribution is 2.16. The molecule has 0 radical (unpaired) electrons. The highest BCUT2D eigenvalue weighted by molar-refractivity contribution is 7.80. The van der Waals surface area contributed by atoms with Gasteiger partial charge in [-0.3, -0.25) is 4.79 Å². The van der Waals surface area contributed by atoms with Gasteiger partial charge in [0.25, 0.3) is 5.91 Å². The molecular weight excluding hydrogens is 350 g/mol. The molecule has 1 aliphatic rings. The Morgan fingerprint density at radius 2 is 1.81 bits per heavy atom. The van der Waals surface area contributed by atoms with E-state index in [4.69, 9.17) is 16.6 Å². The number of nitrogens with one attached hydrogen (secondary N) is 3. The van der Waals surface area contributed by atoms with Crippen LogP contribution in [0.25, 0.3) is 0 Å². The van der Waals surface area contributed by atoms with Crippen molar-refractivity contribution in [2.24, 2.45) is 0 Å². The zero-order valence-electron chi connectivity index (χ0n) is 13.6. The number of benzene rings is 1. The van der Waals surface area contributed by atoms with E-state index >= 15 is 0 Å². The molecule has 1 amide bonds. The topological polar surface area (TPSA) is 83.4 Å². The lowest BCUT2D eigenvalue weighted by molar-refractivity contribution is 0.0996. The van der Waals surface area contributed by atoms with E-state index in [1.165, 1.54) is 6.26 Å². The summed E-state index contributed by atoms with van der Waals surface area (Å²) in [6.45, 7) is 0. The number of anilines is 2. The average molecular weight is 365 g/mol. The predicted octanol–water partition coefficient (Wildman–Crippen LogP) is 3.42. The molecule has 1 aromatic heterocycles. The number of allylic oxidation sites excluding steroid dienone is 4. The van der Waals surface area contributed by atoms with Crippen molar-refractivity contribution >= 4 is 40.6 Å². The number of furan rings is 1. The van der Waals surface area contributed by atoms with E-state index in [-0.39, 0.29) is 11.7 Å². The van der Waals surface area contributed by atoms with Gasteiger partial charge in [0.05, 0.1) is 6.26 Å².